The first-order valence-corrected chi connectivity index (χ1v) is 9.89. The zero-order chi connectivity index (χ0) is 18.8. The Labute approximate surface area is 149 Å². The second-order valence-electron chi connectivity index (χ2n) is 6.31. The minimum atomic E-state index is -3.61. The van der Waals surface area contributed by atoms with Gasteiger partial charge in [0.1, 0.15) is 6.04 Å². The third-order valence-corrected chi connectivity index (χ3v) is 5.48. The quantitative estimate of drug-likeness (QED) is 0.888. The molecule has 1 N–H and O–H groups in total. The van der Waals surface area contributed by atoms with Gasteiger partial charge in [0.15, 0.2) is 0 Å². The van der Waals surface area contributed by atoms with Crippen LogP contribution in [-0.4, -0.2) is 26.6 Å². The summed E-state index contributed by atoms with van der Waals surface area (Å²) < 4.78 is 25.7. The van der Waals surface area contributed by atoms with E-state index in [-0.39, 0.29) is 5.91 Å². The molecule has 1 amide bonds. The van der Waals surface area contributed by atoms with Crippen molar-refractivity contribution in [2.75, 3.05) is 15.9 Å². The standard InChI is InChI=1S/C19H24N2O3S/c1-13-9-11-17(12-10-13)21(25(5,23)24)16(4)19(22)20-18-8-6-7-14(2)15(18)3/h6-12,16H,1-5H3,(H,20,22). The van der Waals surface area contributed by atoms with Crippen molar-refractivity contribution in [3.8, 4) is 0 Å². The number of benzene rings is 2. The molecule has 2 aromatic rings. The largest absolute Gasteiger partial charge is 0.324 e. The number of hydrogen-bond acceptors (Lipinski definition) is 3. The van der Waals surface area contributed by atoms with E-state index in [4.69, 9.17) is 0 Å². The summed E-state index contributed by atoms with van der Waals surface area (Å²) >= 11 is 0. The van der Waals surface area contributed by atoms with Gasteiger partial charge < -0.3 is 5.32 Å². The molecular formula is C19H24N2O3S. The van der Waals surface area contributed by atoms with E-state index in [1.165, 1.54) is 0 Å². The Morgan fingerprint density at radius 3 is 2.20 bits per heavy atom. The zero-order valence-corrected chi connectivity index (χ0v) is 16.0. The van der Waals surface area contributed by atoms with Crippen molar-refractivity contribution in [3.63, 3.8) is 0 Å². The summed E-state index contributed by atoms with van der Waals surface area (Å²) in [5.74, 6) is -0.375. The van der Waals surface area contributed by atoms with Gasteiger partial charge in [-0.05, 0) is 57.0 Å². The number of nitrogens with one attached hydrogen (secondary N) is 1. The van der Waals surface area contributed by atoms with Crippen LogP contribution in [0.2, 0.25) is 0 Å². The lowest BCUT2D eigenvalue weighted by Gasteiger charge is -2.28. The molecule has 0 aliphatic heterocycles. The van der Waals surface area contributed by atoms with Crippen molar-refractivity contribution in [3.05, 3.63) is 59.2 Å². The van der Waals surface area contributed by atoms with E-state index >= 15 is 0 Å². The van der Waals surface area contributed by atoms with Crippen molar-refractivity contribution in [2.24, 2.45) is 0 Å². The number of carbonyl (C=O) groups excluding carboxylic acids is 1. The molecule has 0 saturated heterocycles. The van der Waals surface area contributed by atoms with E-state index in [9.17, 15) is 13.2 Å². The van der Waals surface area contributed by atoms with Gasteiger partial charge in [0.2, 0.25) is 15.9 Å². The summed E-state index contributed by atoms with van der Waals surface area (Å²) in [6, 6.07) is 11.8. The predicted octanol–water partition coefficient (Wildman–Crippen LogP) is 3.41. The maximum absolute atomic E-state index is 12.7. The summed E-state index contributed by atoms with van der Waals surface area (Å²) in [6.07, 6.45) is 1.11. The van der Waals surface area contributed by atoms with Crippen molar-refractivity contribution >= 4 is 27.3 Å². The molecule has 2 aromatic carbocycles. The Balaban J connectivity index is 2.33. The molecule has 6 heteroatoms. The lowest BCUT2D eigenvalue weighted by Crippen LogP contribution is -2.45. The van der Waals surface area contributed by atoms with Crippen LogP contribution in [0, 0.1) is 20.8 Å². The molecular weight excluding hydrogens is 336 g/mol. The van der Waals surface area contributed by atoms with E-state index in [1.54, 1.807) is 19.1 Å². The van der Waals surface area contributed by atoms with Crippen molar-refractivity contribution in [1.29, 1.82) is 0 Å². The van der Waals surface area contributed by atoms with E-state index in [0.29, 0.717) is 11.4 Å². The average Bonchev–Trinajstić information content (AvgIpc) is 2.52. The number of amides is 1. The highest BCUT2D eigenvalue weighted by molar-refractivity contribution is 7.92. The van der Waals surface area contributed by atoms with E-state index in [0.717, 1.165) is 27.3 Å². The van der Waals surface area contributed by atoms with E-state index in [1.807, 2.05) is 51.1 Å². The first-order chi connectivity index (χ1) is 11.6. The number of rotatable bonds is 5. The van der Waals surface area contributed by atoms with Crippen LogP contribution in [0.25, 0.3) is 0 Å². The number of aryl methyl sites for hydroxylation is 2. The highest BCUT2D eigenvalue weighted by Gasteiger charge is 2.29. The smallest absolute Gasteiger partial charge is 0.248 e. The lowest BCUT2D eigenvalue weighted by atomic mass is 10.1. The van der Waals surface area contributed by atoms with Gasteiger partial charge in [0, 0.05) is 5.69 Å². The van der Waals surface area contributed by atoms with Crippen LogP contribution in [-0.2, 0) is 14.8 Å². The summed E-state index contributed by atoms with van der Waals surface area (Å²) in [6.45, 7) is 7.39. The fourth-order valence-corrected chi connectivity index (χ4v) is 3.80. The molecule has 25 heavy (non-hydrogen) atoms. The number of carbonyl (C=O) groups is 1. The SMILES string of the molecule is Cc1ccc(N(C(C)C(=O)Nc2cccc(C)c2C)S(C)(=O)=O)cc1. The molecule has 0 radical (unpaired) electrons. The third kappa shape index (κ3) is 4.39. The molecule has 0 bridgehead atoms. The van der Waals surface area contributed by atoms with Crippen LogP contribution >= 0.6 is 0 Å². The minimum Gasteiger partial charge on any atom is -0.324 e. The van der Waals surface area contributed by atoms with Gasteiger partial charge in [-0.25, -0.2) is 8.42 Å². The van der Waals surface area contributed by atoms with Crippen LogP contribution in [0.15, 0.2) is 42.5 Å². The normalized spacial score (nSPS) is 12.5. The summed E-state index contributed by atoms with van der Waals surface area (Å²) in [5.41, 5.74) is 4.20. The van der Waals surface area contributed by atoms with E-state index in [2.05, 4.69) is 5.32 Å². The molecule has 1 atom stereocenters. The van der Waals surface area contributed by atoms with Crippen LogP contribution in [0.3, 0.4) is 0 Å². The van der Waals surface area contributed by atoms with E-state index < -0.39 is 16.1 Å². The Morgan fingerprint density at radius 2 is 1.64 bits per heavy atom. The second-order valence-corrected chi connectivity index (χ2v) is 8.17. The number of anilines is 2. The first kappa shape index (κ1) is 19.0. The van der Waals surface area contributed by atoms with Gasteiger partial charge in [0.05, 0.1) is 11.9 Å². The molecule has 2 rings (SSSR count). The molecule has 0 spiro atoms. The van der Waals surface area contributed by atoms with Crippen LogP contribution in [0.4, 0.5) is 11.4 Å². The molecule has 0 heterocycles. The monoisotopic (exact) mass is 360 g/mol. The van der Waals surface area contributed by atoms with Gasteiger partial charge in [-0.2, -0.15) is 0 Å². The lowest BCUT2D eigenvalue weighted by molar-refractivity contribution is -0.116. The van der Waals surface area contributed by atoms with Crippen LogP contribution in [0.1, 0.15) is 23.6 Å². The van der Waals surface area contributed by atoms with Gasteiger partial charge >= 0.3 is 0 Å². The maximum atomic E-state index is 12.7. The summed E-state index contributed by atoms with van der Waals surface area (Å²) in [4.78, 5) is 12.7. The van der Waals surface area contributed by atoms with Crippen LogP contribution < -0.4 is 9.62 Å². The number of sulfonamides is 1. The topological polar surface area (TPSA) is 66.5 Å². The molecule has 0 aliphatic carbocycles. The minimum absolute atomic E-state index is 0.375. The Hall–Kier alpha value is -2.34. The van der Waals surface area contributed by atoms with Crippen molar-refractivity contribution < 1.29 is 13.2 Å². The Morgan fingerprint density at radius 1 is 1.04 bits per heavy atom. The molecule has 134 valence electrons. The second kappa shape index (κ2) is 7.27. The van der Waals surface area contributed by atoms with Gasteiger partial charge in [0.25, 0.3) is 0 Å². The molecule has 0 fully saturated rings. The maximum Gasteiger partial charge on any atom is 0.248 e. The fraction of sp³-hybridized carbons (Fsp3) is 0.316. The number of hydrogen-bond donors (Lipinski definition) is 1. The summed E-state index contributed by atoms with van der Waals surface area (Å²) in [7, 11) is -3.61. The highest BCUT2D eigenvalue weighted by atomic mass is 32.2. The Bertz CT molecular complexity index is 874. The Kier molecular flexibility index (Phi) is 5.52. The summed E-state index contributed by atoms with van der Waals surface area (Å²) in [5, 5.41) is 2.84. The fourth-order valence-electron chi connectivity index (χ4n) is 2.62. The highest BCUT2D eigenvalue weighted by Crippen LogP contribution is 2.23. The van der Waals surface area contributed by atoms with Crippen molar-refractivity contribution in [2.45, 2.75) is 33.7 Å². The van der Waals surface area contributed by atoms with Gasteiger partial charge in [-0.15, -0.1) is 0 Å². The van der Waals surface area contributed by atoms with Gasteiger partial charge in [-0.1, -0.05) is 29.8 Å². The predicted molar refractivity (Wildman–Crippen MR) is 103 cm³/mol. The first-order valence-electron chi connectivity index (χ1n) is 8.04. The van der Waals surface area contributed by atoms with Gasteiger partial charge in [-0.3, -0.25) is 9.10 Å². The molecule has 1 unspecified atom stereocenters. The number of nitrogens with zero attached hydrogens (tertiary/aromatic N) is 1. The van der Waals surface area contributed by atoms with Crippen LogP contribution in [0.5, 0.6) is 0 Å². The molecule has 0 aliphatic rings. The molecule has 5 nitrogen and oxygen atoms in total. The van der Waals surface area contributed by atoms with Crippen molar-refractivity contribution in [1.82, 2.24) is 0 Å². The average molecular weight is 360 g/mol. The molecule has 0 aromatic heterocycles. The molecule has 0 saturated carbocycles. The zero-order valence-electron chi connectivity index (χ0n) is 15.2. The third-order valence-electron chi connectivity index (χ3n) is 4.24.